The van der Waals surface area contributed by atoms with Gasteiger partial charge in [-0.25, -0.2) is 4.39 Å². The van der Waals surface area contributed by atoms with Gasteiger partial charge in [-0.05, 0) is 60.5 Å². The molecular weight excluding hydrogens is 440 g/mol. The summed E-state index contributed by atoms with van der Waals surface area (Å²) >= 11 is 12.2. The average Bonchev–Trinajstić information content (AvgIpc) is 3.01. The smallest absolute Gasteiger partial charge is 0.300 e. The van der Waals surface area contributed by atoms with Crippen LogP contribution >= 0.6 is 23.2 Å². The molecule has 4 rings (SSSR count). The summed E-state index contributed by atoms with van der Waals surface area (Å²) in [6, 6.07) is 16.0. The standard InChI is InChI=1S/C24H16Cl2FNO3/c1-13-4-2-3-5-17(13)21-20(22(29)14-6-8-15(27)9-7-14)23(30)24(31)28(21)16-10-11-18(25)19(26)12-16/h2-12,21,29H,1H3/b22-20+. The number of amides is 1. The van der Waals surface area contributed by atoms with E-state index in [1.807, 2.05) is 19.1 Å². The Morgan fingerprint density at radius 3 is 2.29 bits per heavy atom. The Morgan fingerprint density at radius 1 is 0.968 bits per heavy atom. The lowest BCUT2D eigenvalue weighted by Crippen LogP contribution is -2.29. The number of carbonyl (C=O) groups excluding carboxylic acids is 2. The lowest BCUT2D eigenvalue weighted by atomic mass is 9.92. The third-order valence-electron chi connectivity index (χ3n) is 5.23. The number of nitrogens with zero attached hydrogens (tertiary/aromatic N) is 1. The van der Waals surface area contributed by atoms with Gasteiger partial charge in [-0.1, -0.05) is 47.5 Å². The number of carbonyl (C=O) groups is 2. The summed E-state index contributed by atoms with van der Waals surface area (Å²) in [7, 11) is 0. The number of hydrogen-bond acceptors (Lipinski definition) is 3. The third-order valence-corrected chi connectivity index (χ3v) is 5.97. The summed E-state index contributed by atoms with van der Waals surface area (Å²) in [4.78, 5) is 27.5. The van der Waals surface area contributed by atoms with Crippen LogP contribution in [0.25, 0.3) is 5.76 Å². The Kier molecular flexibility index (Phi) is 5.56. The molecule has 0 aromatic heterocycles. The molecule has 0 spiro atoms. The number of anilines is 1. The lowest BCUT2D eigenvalue weighted by Gasteiger charge is -2.27. The van der Waals surface area contributed by atoms with Crippen molar-refractivity contribution in [2.45, 2.75) is 13.0 Å². The summed E-state index contributed by atoms with van der Waals surface area (Å²) in [5.74, 6) is -2.52. The van der Waals surface area contributed by atoms with Crippen molar-refractivity contribution >= 4 is 46.3 Å². The van der Waals surface area contributed by atoms with Crippen LogP contribution in [0.5, 0.6) is 0 Å². The molecule has 1 N–H and O–H groups in total. The maximum Gasteiger partial charge on any atom is 0.300 e. The Balaban J connectivity index is 1.98. The summed E-state index contributed by atoms with van der Waals surface area (Å²) in [5.41, 5.74) is 1.99. The molecule has 4 nitrogen and oxygen atoms in total. The van der Waals surface area contributed by atoms with Crippen LogP contribution in [0.3, 0.4) is 0 Å². The summed E-state index contributed by atoms with van der Waals surface area (Å²) in [6.07, 6.45) is 0. The summed E-state index contributed by atoms with van der Waals surface area (Å²) in [6.45, 7) is 1.85. The predicted molar refractivity (Wildman–Crippen MR) is 119 cm³/mol. The van der Waals surface area contributed by atoms with E-state index in [0.717, 1.165) is 5.56 Å². The molecule has 1 saturated heterocycles. The number of Topliss-reactive ketones (excluding diaryl/α,β-unsaturated/α-hetero) is 1. The van der Waals surface area contributed by atoms with E-state index in [4.69, 9.17) is 23.2 Å². The molecule has 7 heteroatoms. The van der Waals surface area contributed by atoms with Gasteiger partial charge in [0.2, 0.25) is 0 Å². The van der Waals surface area contributed by atoms with Crippen LogP contribution in [-0.4, -0.2) is 16.8 Å². The first-order valence-corrected chi connectivity index (χ1v) is 10.1. The van der Waals surface area contributed by atoms with Gasteiger partial charge in [-0.2, -0.15) is 0 Å². The molecule has 1 aliphatic rings. The maximum absolute atomic E-state index is 13.4. The van der Waals surface area contributed by atoms with Gasteiger partial charge in [0.05, 0.1) is 21.7 Å². The molecule has 1 atom stereocenters. The third kappa shape index (κ3) is 3.71. The van der Waals surface area contributed by atoms with E-state index in [1.54, 1.807) is 18.2 Å². The fraction of sp³-hybridized carbons (Fsp3) is 0.0833. The topological polar surface area (TPSA) is 57.6 Å². The van der Waals surface area contributed by atoms with Gasteiger partial charge < -0.3 is 5.11 Å². The number of rotatable bonds is 3. The minimum atomic E-state index is -0.900. The minimum absolute atomic E-state index is 0.0861. The van der Waals surface area contributed by atoms with Crippen LogP contribution < -0.4 is 4.90 Å². The maximum atomic E-state index is 13.4. The van der Waals surface area contributed by atoms with Crippen LogP contribution in [-0.2, 0) is 9.59 Å². The Morgan fingerprint density at radius 2 is 1.65 bits per heavy atom. The van der Waals surface area contributed by atoms with Crippen molar-refractivity contribution in [1.82, 2.24) is 0 Å². The lowest BCUT2D eigenvalue weighted by molar-refractivity contribution is -0.132. The van der Waals surface area contributed by atoms with E-state index in [-0.39, 0.29) is 21.9 Å². The zero-order valence-electron chi connectivity index (χ0n) is 16.3. The van der Waals surface area contributed by atoms with E-state index in [9.17, 15) is 19.1 Å². The molecule has 0 saturated carbocycles. The van der Waals surface area contributed by atoms with Gasteiger partial charge in [0, 0.05) is 11.3 Å². The fourth-order valence-corrected chi connectivity index (χ4v) is 3.98. The zero-order valence-corrected chi connectivity index (χ0v) is 17.8. The van der Waals surface area contributed by atoms with Crippen molar-refractivity contribution in [3.8, 4) is 0 Å². The first kappa shape index (κ1) is 21.1. The summed E-state index contributed by atoms with van der Waals surface area (Å²) in [5, 5.41) is 11.5. The molecule has 3 aromatic rings. The van der Waals surface area contributed by atoms with Crippen molar-refractivity contribution in [2.75, 3.05) is 4.90 Å². The highest BCUT2D eigenvalue weighted by molar-refractivity contribution is 6.52. The number of ketones is 1. The number of aryl methyl sites for hydroxylation is 1. The highest BCUT2D eigenvalue weighted by Crippen LogP contribution is 2.44. The number of halogens is 3. The Hall–Kier alpha value is -3.15. The second-order valence-electron chi connectivity index (χ2n) is 7.13. The van der Waals surface area contributed by atoms with Crippen LogP contribution in [0.2, 0.25) is 10.0 Å². The second kappa shape index (κ2) is 8.17. The SMILES string of the molecule is Cc1ccccc1C1/C(=C(\O)c2ccc(F)cc2)C(=O)C(=O)N1c1ccc(Cl)c(Cl)c1. The van der Waals surface area contributed by atoms with Crippen molar-refractivity contribution in [2.24, 2.45) is 0 Å². The number of aliphatic hydroxyl groups is 1. The quantitative estimate of drug-likeness (QED) is 0.296. The minimum Gasteiger partial charge on any atom is -0.507 e. The van der Waals surface area contributed by atoms with Gasteiger partial charge in [0.25, 0.3) is 11.7 Å². The Bertz CT molecular complexity index is 1240. The van der Waals surface area contributed by atoms with Gasteiger partial charge in [0.1, 0.15) is 11.6 Å². The highest BCUT2D eigenvalue weighted by atomic mass is 35.5. The highest BCUT2D eigenvalue weighted by Gasteiger charge is 2.47. The number of aliphatic hydroxyl groups excluding tert-OH is 1. The van der Waals surface area contributed by atoms with Gasteiger partial charge >= 0.3 is 0 Å². The van der Waals surface area contributed by atoms with Crippen LogP contribution in [0.15, 0.2) is 72.3 Å². The molecule has 156 valence electrons. The second-order valence-corrected chi connectivity index (χ2v) is 7.95. The van der Waals surface area contributed by atoms with Crippen molar-refractivity contribution in [3.05, 3.63) is 105 Å². The molecule has 1 aliphatic heterocycles. The van der Waals surface area contributed by atoms with E-state index >= 15 is 0 Å². The van der Waals surface area contributed by atoms with E-state index in [0.29, 0.717) is 16.3 Å². The largest absolute Gasteiger partial charge is 0.507 e. The first-order valence-electron chi connectivity index (χ1n) is 9.37. The normalized spacial score (nSPS) is 17.9. The van der Waals surface area contributed by atoms with Gasteiger partial charge in [-0.15, -0.1) is 0 Å². The fourth-order valence-electron chi connectivity index (χ4n) is 3.68. The van der Waals surface area contributed by atoms with Crippen molar-refractivity contribution in [3.63, 3.8) is 0 Å². The first-order chi connectivity index (χ1) is 14.8. The molecule has 0 bridgehead atoms. The van der Waals surface area contributed by atoms with E-state index < -0.39 is 23.5 Å². The van der Waals surface area contributed by atoms with Crippen LogP contribution in [0.4, 0.5) is 10.1 Å². The van der Waals surface area contributed by atoms with Crippen molar-refractivity contribution < 1.29 is 19.1 Å². The number of benzene rings is 3. The molecule has 1 amide bonds. The Labute approximate surface area is 188 Å². The molecule has 1 fully saturated rings. The van der Waals surface area contributed by atoms with E-state index in [1.165, 1.54) is 41.3 Å². The number of hydrogen-bond donors (Lipinski definition) is 1. The monoisotopic (exact) mass is 455 g/mol. The predicted octanol–water partition coefficient (Wildman–Crippen LogP) is 6.07. The molecule has 1 heterocycles. The van der Waals surface area contributed by atoms with Crippen LogP contribution in [0.1, 0.15) is 22.7 Å². The molecule has 3 aromatic carbocycles. The molecule has 0 radical (unpaired) electrons. The molecule has 31 heavy (non-hydrogen) atoms. The van der Waals surface area contributed by atoms with E-state index in [2.05, 4.69) is 0 Å². The zero-order chi connectivity index (χ0) is 22.3. The molecular formula is C24H16Cl2FNO3. The summed E-state index contributed by atoms with van der Waals surface area (Å²) < 4.78 is 13.4. The molecule has 1 unspecified atom stereocenters. The average molecular weight is 456 g/mol. The van der Waals surface area contributed by atoms with Gasteiger partial charge in [0.15, 0.2) is 0 Å². The van der Waals surface area contributed by atoms with Crippen LogP contribution in [0, 0.1) is 12.7 Å². The van der Waals surface area contributed by atoms with Gasteiger partial charge in [-0.3, -0.25) is 14.5 Å². The molecule has 0 aliphatic carbocycles. The van der Waals surface area contributed by atoms with Crippen molar-refractivity contribution in [1.29, 1.82) is 0 Å².